The maximum atomic E-state index is 6.00. The highest BCUT2D eigenvalue weighted by Crippen LogP contribution is 2.68. The molecule has 0 saturated heterocycles. The van der Waals surface area contributed by atoms with Gasteiger partial charge in [0.2, 0.25) is 0 Å². The van der Waals surface area contributed by atoms with E-state index < -0.39 is 0 Å². The highest BCUT2D eigenvalue weighted by Gasteiger charge is 2.59. The summed E-state index contributed by atoms with van der Waals surface area (Å²) >= 11 is 0. The van der Waals surface area contributed by atoms with Crippen molar-refractivity contribution in [1.82, 2.24) is 0 Å². The first-order valence-electron chi connectivity index (χ1n) is 14.2. The van der Waals surface area contributed by atoms with Crippen LogP contribution in [0.3, 0.4) is 0 Å². The van der Waals surface area contributed by atoms with Crippen LogP contribution in [0.25, 0.3) is 0 Å². The first kappa shape index (κ1) is 25.7. The molecule has 2 heteroatoms. The average Bonchev–Trinajstić information content (AvgIpc) is 3.10. The summed E-state index contributed by atoms with van der Waals surface area (Å²) in [4.78, 5) is 0. The predicted octanol–water partition coefficient (Wildman–Crippen LogP) is 8.59. The summed E-state index contributed by atoms with van der Waals surface area (Å²) in [6.07, 6.45) is 15.2. The monoisotopic (exact) mass is 458 g/mol. The van der Waals surface area contributed by atoms with Gasteiger partial charge in [-0.1, -0.05) is 58.6 Å². The Morgan fingerprint density at radius 1 is 0.970 bits per heavy atom. The summed E-state index contributed by atoms with van der Waals surface area (Å²) < 4.78 is 11.7. The lowest BCUT2D eigenvalue weighted by Gasteiger charge is -2.60. The van der Waals surface area contributed by atoms with Crippen LogP contribution in [0.5, 0.6) is 0 Å². The average molecular weight is 459 g/mol. The lowest BCUT2D eigenvalue weighted by molar-refractivity contribution is -0.110. The van der Waals surface area contributed by atoms with Gasteiger partial charge in [-0.15, -0.1) is 0 Å². The number of rotatable bonds is 7. The van der Waals surface area contributed by atoms with E-state index in [2.05, 4.69) is 48.5 Å². The number of fused-ring (bicyclic) bond motifs is 4. The second-order valence-electron chi connectivity index (χ2n) is 14.2. The highest BCUT2D eigenvalue weighted by atomic mass is 16.5. The minimum Gasteiger partial charge on any atom is -0.381 e. The Labute approximate surface area is 205 Å². The Morgan fingerprint density at radius 2 is 1.70 bits per heavy atom. The molecule has 2 saturated carbocycles. The molecule has 33 heavy (non-hydrogen) atoms. The molecule has 0 aromatic carbocycles. The lowest BCUT2D eigenvalue weighted by atomic mass is 9.46. The van der Waals surface area contributed by atoms with Crippen molar-refractivity contribution >= 4 is 0 Å². The fraction of sp³-hybridized carbons (Fsp3) is 0.935. The van der Waals surface area contributed by atoms with Gasteiger partial charge >= 0.3 is 0 Å². The molecule has 0 N–H and O–H groups in total. The van der Waals surface area contributed by atoms with Crippen molar-refractivity contribution in [1.29, 1.82) is 0 Å². The van der Waals surface area contributed by atoms with Crippen molar-refractivity contribution in [3.8, 4) is 0 Å². The van der Waals surface area contributed by atoms with Crippen molar-refractivity contribution in [2.45, 2.75) is 131 Å². The third kappa shape index (κ3) is 4.18. The minimum absolute atomic E-state index is 0.0239. The molecular weight excluding hydrogens is 404 g/mol. The van der Waals surface area contributed by atoms with Crippen molar-refractivity contribution in [2.24, 2.45) is 39.9 Å². The predicted molar refractivity (Wildman–Crippen MR) is 139 cm³/mol. The van der Waals surface area contributed by atoms with Crippen LogP contribution < -0.4 is 0 Å². The normalized spacial score (nSPS) is 41.4. The van der Waals surface area contributed by atoms with Crippen LogP contribution in [0.15, 0.2) is 11.1 Å². The van der Waals surface area contributed by atoms with E-state index in [4.69, 9.17) is 9.47 Å². The van der Waals surface area contributed by atoms with Crippen LogP contribution in [-0.4, -0.2) is 25.9 Å². The quantitative estimate of drug-likeness (QED) is 0.356. The Bertz CT molecular complexity index is 748. The molecule has 0 heterocycles. The number of methoxy groups -OCH3 is 2. The van der Waals surface area contributed by atoms with Gasteiger partial charge < -0.3 is 9.47 Å². The van der Waals surface area contributed by atoms with Gasteiger partial charge in [0.1, 0.15) is 0 Å². The summed E-state index contributed by atoms with van der Waals surface area (Å²) in [7, 11) is 3.79. The van der Waals surface area contributed by atoms with Gasteiger partial charge in [0, 0.05) is 14.2 Å². The van der Waals surface area contributed by atoms with Gasteiger partial charge in [0.25, 0.3) is 0 Å². The van der Waals surface area contributed by atoms with Crippen LogP contribution in [0, 0.1) is 39.9 Å². The fourth-order valence-electron chi connectivity index (χ4n) is 9.82. The molecule has 0 amide bonds. The Balaban J connectivity index is 1.52. The van der Waals surface area contributed by atoms with Crippen LogP contribution >= 0.6 is 0 Å². The SMILES string of the molecule is CO[C@H]1CC[C@]2(C)C3=C(CCC2C1(C)C)C1CC[C@H]([C@H](C)CCCC(C)(C)OC)[C@@]1(C)CC3. The number of hydrogen-bond donors (Lipinski definition) is 0. The zero-order valence-corrected chi connectivity index (χ0v) is 23.5. The van der Waals surface area contributed by atoms with E-state index in [1.807, 2.05) is 25.4 Å². The smallest absolute Gasteiger partial charge is 0.0625 e. The molecule has 190 valence electrons. The first-order valence-corrected chi connectivity index (χ1v) is 14.2. The third-order valence-corrected chi connectivity index (χ3v) is 11.9. The van der Waals surface area contributed by atoms with E-state index in [0.717, 1.165) is 23.7 Å². The van der Waals surface area contributed by atoms with Crippen molar-refractivity contribution < 1.29 is 9.47 Å². The topological polar surface area (TPSA) is 18.5 Å². The molecule has 0 aliphatic heterocycles. The third-order valence-electron chi connectivity index (χ3n) is 11.9. The van der Waals surface area contributed by atoms with Gasteiger partial charge in [-0.25, -0.2) is 0 Å². The molecule has 4 aliphatic rings. The van der Waals surface area contributed by atoms with Crippen LogP contribution in [0.1, 0.15) is 119 Å². The number of ether oxygens (including phenoxy) is 2. The Morgan fingerprint density at radius 3 is 2.36 bits per heavy atom. The van der Waals surface area contributed by atoms with E-state index in [1.165, 1.54) is 70.6 Å². The molecule has 0 aromatic heterocycles. The van der Waals surface area contributed by atoms with Gasteiger partial charge in [-0.05, 0) is 112 Å². The zero-order valence-electron chi connectivity index (χ0n) is 23.5. The van der Waals surface area contributed by atoms with E-state index in [0.29, 0.717) is 16.9 Å². The molecular formula is C31H54O2. The van der Waals surface area contributed by atoms with Gasteiger partial charge in [-0.3, -0.25) is 0 Å². The van der Waals surface area contributed by atoms with E-state index in [-0.39, 0.29) is 11.0 Å². The number of hydrogen-bond acceptors (Lipinski definition) is 2. The van der Waals surface area contributed by atoms with Gasteiger partial charge in [0.15, 0.2) is 0 Å². The summed E-state index contributed by atoms with van der Waals surface area (Å²) in [5, 5.41) is 0. The molecule has 2 unspecified atom stereocenters. The van der Waals surface area contributed by atoms with E-state index >= 15 is 0 Å². The molecule has 0 aromatic rings. The molecule has 4 rings (SSSR count). The molecule has 7 atom stereocenters. The maximum absolute atomic E-state index is 6.00. The zero-order chi connectivity index (χ0) is 24.2. The second kappa shape index (κ2) is 8.95. The van der Waals surface area contributed by atoms with Gasteiger partial charge in [0.05, 0.1) is 11.7 Å². The molecule has 0 spiro atoms. The molecule has 0 radical (unpaired) electrons. The molecule has 2 fully saturated rings. The van der Waals surface area contributed by atoms with Crippen LogP contribution in [0.2, 0.25) is 0 Å². The largest absolute Gasteiger partial charge is 0.381 e. The van der Waals surface area contributed by atoms with Gasteiger partial charge in [-0.2, -0.15) is 0 Å². The molecule has 4 aliphatic carbocycles. The van der Waals surface area contributed by atoms with E-state index in [9.17, 15) is 0 Å². The Kier molecular flexibility index (Phi) is 6.98. The van der Waals surface area contributed by atoms with Crippen molar-refractivity contribution in [2.75, 3.05) is 14.2 Å². The van der Waals surface area contributed by atoms with Crippen molar-refractivity contribution in [3.63, 3.8) is 0 Å². The highest BCUT2D eigenvalue weighted by molar-refractivity contribution is 5.35. The maximum Gasteiger partial charge on any atom is 0.0625 e. The molecule has 2 nitrogen and oxygen atoms in total. The summed E-state index contributed by atoms with van der Waals surface area (Å²) in [5.74, 6) is 3.35. The summed E-state index contributed by atoms with van der Waals surface area (Å²) in [5.41, 5.74) is 5.09. The second-order valence-corrected chi connectivity index (χ2v) is 14.2. The Hall–Kier alpha value is -0.340. The fourth-order valence-corrected chi connectivity index (χ4v) is 9.82. The standard InChI is InChI=1S/C31H54O2/c1-21(11-10-18-28(2,3)33-9)23-13-14-24-22-12-15-26-29(4,5)27(32-8)17-20-31(26,7)25(22)16-19-30(23,24)6/h21,23-24,26-27H,10-20H2,1-9H3/t21-,23-,24?,26?,27+,30-,31-/m1/s1. The van der Waals surface area contributed by atoms with E-state index in [1.54, 1.807) is 0 Å². The summed E-state index contributed by atoms with van der Waals surface area (Å²) in [6.45, 7) is 17.4. The first-order chi connectivity index (χ1) is 15.4. The number of allylic oxidation sites excluding steroid dienone is 2. The summed E-state index contributed by atoms with van der Waals surface area (Å²) in [6, 6.07) is 0. The lowest BCUT2D eigenvalue weighted by Crippen LogP contribution is -2.54. The molecule has 0 bridgehead atoms. The van der Waals surface area contributed by atoms with Crippen LogP contribution in [-0.2, 0) is 9.47 Å². The van der Waals surface area contributed by atoms with Crippen molar-refractivity contribution in [3.05, 3.63) is 11.1 Å². The minimum atomic E-state index is 0.0239. The van der Waals surface area contributed by atoms with Crippen LogP contribution in [0.4, 0.5) is 0 Å².